The van der Waals surface area contributed by atoms with Crippen molar-refractivity contribution in [2.45, 2.75) is 12.6 Å². The van der Waals surface area contributed by atoms with Crippen LogP contribution in [0.5, 0.6) is 0 Å². The molecule has 1 aromatic carbocycles. The Morgan fingerprint density at radius 2 is 2.18 bits per heavy atom. The Bertz CT molecular complexity index is 498. The monoisotopic (exact) mass is 311 g/mol. The Labute approximate surface area is 113 Å². The highest BCUT2D eigenvalue weighted by atomic mass is 79.9. The fraction of sp³-hybridized carbons (Fsp3) is 0.231. The van der Waals surface area contributed by atoms with Gasteiger partial charge in [-0.25, -0.2) is 0 Å². The highest BCUT2D eigenvalue weighted by Crippen LogP contribution is 2.31. The first-order valence-electron chi connectivity index (χ1n) is 5.37. The molecule has 2 aromatic rings. The number of halogens is 1. The number of rotatable bonds is 4. The van der Waals surface area contributed by atoms with Crippen LogP contribution in [0, 0.1) is 0 Å². The molecular weight excluding hydrogens is 298 g/mol. The summed E-state index contributed by atoms with van der Waals surface area (Å²) in [5.74, 6) is 0. The Morgan fingerprint density at radius 3 is 2.82 bits per heavy atom. The second-order valence-electron chi connectivity index (χ2n) is 3.82. The van der Waals surface area contributed by atoms with Gasteiger partial charge in [-0.3, -0.25) is 0 Å². The summed E-state index contributed by atoms with van der Waals surface area (Å²) < 4.78 is 1.04. The van der Waals surface area contributed by atoms with Crippen molar-refractivity contribution < 1.29 is 5.11 Å². The minimum atomic E-state index is -0.539. The van der Waals surface area contributed by atoms with Gasteiger partial charge in [0.05, 0.1) is 3.79 Å². The van der Waals surface area contributed by atoms with Crippen molar-refractivity contribution in [1.82, 2.24) is 5.32 Å². The molecule has 2 nitrogen and oxygen atoms in total. The maximum atomic E-state index is 10.3. The first kappa shape index (κ1) is 12.8. The second-order valence-corrected chi connectivity index (χ2v) is 6.31. The quantitative estimate of drug-likeness (QED) is 0.908. The van der Waals surface area contributed by atoms with Crippen molar-refractivity contribution >= 4 is 27.3 Å². The van der Waals surface area contributed by atoms with Crippen LogP contribution in [0.2, 0.25) is 0 Å². The Balaban J connectivity index is 2.24. The SMILES string of the molecule is CNCc1cccc(C(O)c2ccc(Br)s2)c1. The molecule has 0 aliphatic heterocycles. The molecule has 1 heterocycles. The topological polar surface area (TPSA) is 32.3 Å². The van der Waals surface area contributed by atoms with Crippen molar-refractivity contribution in [3.05, 3.63) is 56.2 Å². The number of thiophene rings is 1. The molecule has 17 heavy (non-hydrogen) atoms. The van der Waals surface area contributed by atoms with Crippen LogP contribution in [0.4, 0.5) is 0 Å². The predicted octanol–water partition coefficient (Wildman–Crippen LogP) is 3.31. The molecule has 4 heteroatoms. The largest absolute Gasteiger partial charge is 0.383 e. The number of hydrogen-bond donors (Lipinski definition) is 2. The lowest BCUT2D eigenvalue weighted by atomic mass is 10.0. The first-order valence-corrected chi connectivity index (χ1v) is 6.98. The van der Waals surface area contributed by atoms with Gasteiger partial charge in [-0.1, -0.05) is 24.3 Å². The second kappa shape index (κ2) is 5.78. The van der Waals surface area contributed by atoms with Gasteiger partial charge < -0.3 is 10.4 Å². The normalized spacial score (nSPS) is 12.6. The van der Waals surface area contributed by atoms with Gasteiger partial charge in [-0.05, 0) is 46.2 Å². The molecule has 0 aliphatic carbocycles. The van der Waals surface area contributed by atoms with Crippen LogP contribution in [-0.4, -0.2) is 12.2 Å². The summed E-state index contributed by atoms with van der Waals surface area (Å²) in [5, 5.41) is 13.4. The van der Waals surface area contributed by atoms with E-state index in [9.17, 15) is 5.11 Å². The van der Waals surface area contributed by atoms with Gasteiger partial charge in [-0.15, -0.1) is 11.3 Å². The number of benzene rings is 1. The zero-order valence-corrected chi connectivity index (χ0v) is 11.9. The lowest BCUT2D eigenvalue weighted by Gasteiger charge is -2.10. The van der Waals surface area contributed by atoms with Crippen molar-refractivity contribution in [2.75, 3.05) is 7.05 Å². The Kier molecular flexibility index (Phi) is 4.34. The fourth-order valence-electron chi connectivity index (χ4n) is 1.72. The molecular formula is C13H14BrNOS. The van der Waals surface area contributed by atoms with E-state index in [0.29, 0.717) is 0 Å². The highest BCUT2D eigenvalue weighted by molar-refractivity contribution is 9.11. The summed E-state index contributed by atoms with van der Waals surface area (Å²) in [4.78, 5) is 0.957. The summed E-state index contributed by atoms with van der Waals surface area (Å²) in [7, 11) is 1.92. The maximum Gasteiger partial charge on any atom is 0.113 e. The summed E-state index contributed by atoms with van der Waals surface area (Å²) in [6, 6.07) is 11.9. The third-order valence-corrected chi connectivity index (χ3v) is 4.19. The van der Waals surface area contributed by atoms with E-state index in [-0.39, 0.29) is 0 Å². The summed E-state index contributed by atoms with van der Waals surface area (Å²) in [6.45, 7) is 0.814. The van der Waals surface area contributed by atoms with Gasteiger partial charge in [0.25, 0.3) is 0 Å². The molecule has 1 aromatic heterocycles. The minimum Gasteiger partial charge on any atom is -0.383 e. The first-order chi connectivity index (χ1) is 8.20. The molecule has 0 aliphatic rings. The van der Waals surface area contributed by atoms with E-state index in [2.05, 4.69) is 27.3 Å². The molecule has 1 atom stereocenters. The predicted molar refractivity (Wildman–Crippen MR) is 75.3 cm³/mol. The lowest BCUT2D eigenvalue weighted by Crippen LogP contribution is -2.06. The summed E-state index contributed by atoms with van der Waals surface area (Å²) in [5.41, 5.74) is 2.12. The van der Waals surface area contributed by atoms with Crippen molar-refractivity contribution in [2.24, 2.45) is 0 Å². The molecule has 0 spiro atoms. The molecule has 1 unspecified atom stereocenters. The van der Waals surface area contributed by atoms with Crippen LogP contribution in [0.3, 0.4) is 0 Å². The van der Waals surface area contributed by atoms with Crippen molar-refractivity contribution in [3.63, 3.8) is 0 Å². The molecule has 0 saturated heterocycles. The lowest BCUT2D eigenvalue weighted by molar-refractivity contribution is 0.224. The number of nitrogens with one attached hydrogen (secondary N) is 1. The van der Waals surface area contributed by atoms with E-state index in [4.69, 9.17) is 0 Å². The van der Waals surface area contributed by atoms with Gasteiger partial charge in [0.1, 0.15) is 6.10 Å². The van der Waals surface area contributed by atoms with E-state index >= 15 is 0 Å². The van der Waals surface area contributed by atoms with Gasteiger partial charge in [-0.2, -0.15) is 0 Å². The van der Waals surface area contributed by atoms with Crippen LogP contribution >= 0.6 is 27.3 Å². The third kappa shape index (κ3) is 3.16. The van der Waals surface area contributed by atoms with Crippen LogP contribution in [-0.2, 0) is 6.54 Å². The molecule has 0 fully saturated rings. The fourth-order valence-corrected chi connectivity index (χ4v) is 3.15. The Morgan fingerprint density at radius 1 is 1.35 bits per heavy atom. The van der Waals surface area contributed by atoms with Crippen LogP contribution in [0.15, 0.2) is 40.2 Å². The van der Waals surface area contributed by atoms with Crippen LogP contribution < -0.4 is 5.32 Å². The van der Waals surface area contributed by atoms with E-state index in [1.54, 1.807) is 11.3 Å². The van der Waals surface area contributed by atoms with Crippen molar-refractivity contribution in [1.29, 1.82) is 0 Å². The molecule has 0 bridgehead atoms. The highest BCUT2D eigenvalue weighted by Gasteiger charge is 2.12. The number of hydrogen-bond acceptors (Lipinski definition) is 3. The van der Waals surface area contributed by atoms with Crippen LogP contribution in [0.1, 0.15) is 22.1 Å². The van der Waals surface area contributed by atoms with E-state index in [1.807, 2.05) is 37.4 Å². The van der Waals surface area contributed by atoms with Crippen molar-refractivity contribution in [3.8, 4) is 0 Å². The Hall–Kier alpha value is -0.680. The molecule has 2 N–H and O–H groups in total. The molecule has 90 valence electrons. The average Bonchev–Trinajstić information content (AvgIpc) is 2.76. The van der Waals surface area contributed by atoms with E-state index in [1.165, 1.54) is 5.56 Å². The van der Waals surface area contributed by atoms with Gasteiger partial charge in [0.2, 0.25) is 0 Å². The molecule has 0 amide bonds. The molecule has 2 rings (SSSR count). The standard InChI is InChI=1S/C13H14BrNOS/c1-15-8-9-3-2-4-10(7-9)13(16)11-5-6-12(14)17-11/h2-7,13,15-16H,8H2,1H3. The molecule has 0 saturated carbocycles. The van der Waals surface area contributed by atoms with Gasteiger partial charge in [0.15, 0.2) is 0 Å². The van der Waals surface area contributed by atoms with Gasteiger partial charge >= 0.3 is 0 Å². The third-order valence-electron chi connectivity index (χ3n) is 2.51. The average molecular weight is 312 g/mol. The van der Waals surface area contributed by atoms with E-state index in [0.717, 1.165) is 20.8 Å². The van der Waals surface area contributed by atoms with E-state index < -0.39 is 6.10 Å². The minimum absolute atomic E-state index is 0.539. The van der Waals surface area contributed by atoms with Crippen LogP contribution in [0.25, 0.3) is 0 Å². The smallest absolute Gasteiger partial charge is 0.113 e. The maximum absolute atomic E-state index is 10.3. The zero-order valence-electron chi connectivity index (χ0n) is 9.48. The number of aliphatic hydroxyl groups excluding tert-OH is 1. The summed E-state index contributed by atoms with van der Waals surface area (Å²) >= 11 is 4.97. The number of aliphatic hydroxyl groups is 1. The molecule has 0 radical (unpaired) electrons. The zero-order chi connectivity index (χ0) is 12.3. The van der Waals surface area contributed by atoms with Gasteiger partial charge in [0, 0.05) is 11.4 Å². The summed E-state index contributed by atoms with van der Waals surface area (Å²) in [6.07, 6.45) is -0.539.